The molecule has 0 spiro atoms. The molecule has 2 radical (unpaired) electrons. The average molecular weight is 212 g/mol. The Kier molecular flexibility index (Phi) is 3.20. The number of hydrogen-bond acceptors (Lipinski definition) is 1. The molecule has 2 aromatic carbocycles. The quantitative estimate of drug-likeness (QED) is 0.709. The molecule has 0 amide bonds. The van der Waals surface area contributed by atoms with Crippen LogP contribution in [0.1, 0.15) is 5.56 Å². The first-order valence-corrected chi connectivity index (χ1v) is 5.80. The summed E-state index contributed by atoms with van der Waals surface area (Å²) in [5.41, 5.74) is 1.23. The molecule has 15 heavy (non-hydrogen) atoms. The standard InChI is InChI=1S/C13H12OSi/c1-11-6-5-7-12(10-11)14-15-13-8-3-2-4-9-13/h2-10H,1H3. The van der Waals surface area contributed by atoms with Crippen molar-refractivity contribution in [3.8, 4) is 5.75 Å². The second kappa shape index (κ2) is 4.80. The van der Waals surface area contributed by atoms with Crippen LogP contribution in [0.3, 0.4) is 0 Å². The third-order valence-electron chi connectivity index (χ3n) is 2.05. The van der Waals surface area contributed by atoms with E-state index < -0.39 is 0 Å². The normalized spacial score (nSPS) is 9.93. The zero-order chi connectivity index (χ0) is 10.5. The van der Waals surface area contributed by atoms with Crippen molar-refractivity contribution in [2.75, 3.05) is 0 Å². The van der Waals surface area contributed by atoms with E-state index >= 15 is 0 Å². The minimum absolute atomic E-state index is 0.378. The number of rotatable bonds is 3. The molecule has 0 aliphatic rings. The molecule has 0 saturated carbocycles. The number of benzene rings is 2. The van der Waals surface area contributed by atoms with Crippen molar-refractivity contribution in [2.45, 2.75) is 6.92 Å². The van der Waals surface area contributed by atoms with Crippen LogP contribution in [-0.2, 0) is 0 Å². The molecule has 0 bridgehead atoms. The Morgan fingerprint density at radius 3 is 2.47 bits per heavy atom. The predicted octanol–water partition coefficient (Wildman–Crippen LogP) is 2.32. The lowest BCUT2D eigenvalue weighted by atomic mass is 10.2. The van der Waals surface area contributed by atoms with Gasteiger partial charge in [0.1, 0.15) is 5.75 Å². The molecular formula is C13H12OSi. The van der Waals surface area contributed by atoms with Crippen LogP contribution in [-0.4, -0.2) is 9.76 Å². The van der Waals surface area contributed by atoms with Gasteiger partial charge in [-0.15, -0.1) is 0 Å². The SMILES string of the molecule is Cc1cccc(O[Si]c2ccccc2)c1. The van der Waals surface area contributed by atoms with E-state index in [-0.39, 0.29) is 0 Å². The first kappa shape index (κ1) is 9.99. The van der Waals surface area contributed by atoms with E-state index in [4.69, 9.17) is 4.43 Å². The van der Waals surface area contributed by atoms with Gasteiger partial charge in [-0.25, -0.2) is 0 Å². The van der Waals surface area contributed by atoms with Gasteiger partial charge in [0, 0.05) is 0 Å². The summed E-state index contributed by atoms with van der Waals surface area (Å²) in [6.07, 6.45) is 0. The third-order valence-corrected chi connectivity index (χ3v) is 2.96. The van der Waals surface area contributed by atoms with Crippen LogP contribution >= 0.6 is 0 Å². The Morgan fingerprint density at radius 2 is 1.73 bits per heavy atom. The zero-order valence-corrected chi connectivity index (χ0v) is 9.60. The fraction of sp³-hybridized carbons (Fsp3) is 0.0769. The van der Waals surface area contributed by atoms with Gasteiger partial charge in [-0.2, -0.15) is 0 Å². The first-order valence-electron chi connectivity index (χ1n) is 4.89. The molecule has 0 unspecified atom stereocenters. The van der Waals surface area contributed by atoms with E-state index in [0.717, 1.165) is 5.75 Å². The second-order valence-electron chi connectivity index (χ2n) is 3.39. The number of hydrogen-bond donors (Lipinski definition) is 0. The van der Waals surface area contributed by atoms with Crippen molar-refractivity contribution in [1.82, 2.24) is 0 Å². The number of aryl methyl sites for hydroxylation is 1. The van der Waals surface area contributed by atoms with Crippen LogP contribution in [0.5, 0.6) is 5.75 Å². The van der Waals surface area contributed by atoms with Crippen LogP contribution in [0.4, 0.5) is 0 Å². The van der Waals surface area contributed by atoms with E-state index in [9.17, 15) is 0 Å². The van der Waals surface area contributed by atoms with Gasteiger partial charge in [-0.3, -0.25) is 0 Å². The van der Waals surface area contributed by atoms with Gasteiger partial charge in [-0.1, -0.05) is 42.5 Å². The Hall–Kier alpha value is -1.54. The summed E-state index contributed by atoms with van der Waals surface area (Å²) in [6, 6.07) is 18.4. The van der Waals surface area contributed by atoms with Crippen LogP contribution in [0.15, 0.2) is 54.6 Å². The smallest absolute Gasteiger partial charge is 0.351 e. The Labute approximate surface area is 92.7 Å². The van der Waals surface area contributed by atoms with Gasteiger partial charge < -0.3 is 4.43 Å². The van der Waals surface area contributed by atoms with Crippen molar-refractivity contribution < 1.29 is 4.43 Å². The topological polar surface area (TPSA) is 9.23 Å². The summed E-state index contributed by atoms with van der Waals surface area (Å²) < 4.78 is 5.70. The molecule has 2 heteroatoms. The molecular weight excluding hydrogens is 200 g/mol. The zero-order valence-electron chi connectivity index (χ0n) is 8.60. The highest BCUT2D eigenvalue weighted by Crippen LogP contribution is 2.11. The van der Waals surface area contributed by atoms with Crippen LogP contribution in [0.25, 0.3) is 0 Å². The highest BCUT2D eigenvalue weighted by Gasteiger charge is 1.98. The summed E-state index contributed by atoms with van der Waals surface area (Å²) in [5, 5.41) is 1.22. The van der Waals surface area contributed by atoms with Crippen LogP contribution in [0, 0.1) is 6.92 Å². The molecule has 2 aromatic rings. The Morgan fingerprint density at radius 1 is 0.933 bits per heavy atom. The molecule has 0 atom stereocenters. The minimum Gasteiger partial charge on any atom is -0.536 e. The van der Waals surface area contributed by atoms with Crippen molar-refractivity contribution in [3.63, 3.8) is 0 Å². The molecule has 0 aliphatic carbocycles. The fourth-order valence-corrected chi connectivity index (χ4v) is 1.99. The molecule has 74 valence electrons. The van der Waals surface area contributed by atoms with Crippen molar-refractivity contribution in [1.29, 1.82) is 0 Å². The van der Waals surface area contributed by atoms with Crippen molar-refractivity contribution >= 4 is 14.9 Å². The molecule has 2 rings (SSSR count). The average Bonchev–Trinajstić information content (AvgIpc) is 2.28. The Bertz CT molecular complexity index is 426. The maximum Gasteiger partial charge on any atom is 0.351 e. The molecule has 0 aromatic heterocycles. The van der Waals surface area contributed by atoms with E-state index in [2.05, 4.69) is 31.2 Å². The summed E-state index contributed by atoms with van der Waals surface area (Å²) in [7, 11) is 0.378. The van der Waals surface area contributed by atoms with E-state index in [0.29, 0.717) is 9.76 Å². The van der Waals surface area contributed by atoms with E-state index in [1.165, 1.54) is 10.8 Å². The van der Waals surface area contributed by atoms with E-state index in [1.54, 1.807) is 0 Å². The van der Waals surface area contributed by atoms with Crippen molar-refractivity contribution in [2.24, 2.45) is 0 Å². The summed E-state index contributed by atoms with van der Waals surface area (Å²) >= 11 is 0. The summed E-state index contributed by atoms with van der Waals surface area (Å²) in [5.74, 6) is 0.942. The Balaban J connectivity index is 1.99. The lowest BCUT2D eigenvalue weighted by molar-refractivity contribution is 0.604. The van der Waals surface area contributed by atoms with Crippen LogP contribution in [0.2, 0.25) is 0 Å². The fourth-order valence-electron chi connectivity index (χ4n) is 1.30. The van der Waals surface area contributed by atoms with E-state index in [1.807, 2.05) is 30.3 Å². The summed E-state index contributed by atoms with van der Waals surface area (Å²) in [4.78, 5) is 0. The maximum absolute atomic E-state index is 5.70. The summed E-state index contributed by atoms with van der Waals surface area (Å²) in [6.45, 7) is 2.07. The molecule has 0 heterocycles. The van der Waals surface area contributed by atoms with Gasteiger partial charge in [0.25, 0.3) is 0 Å². The minimum atomic E-state index is 0.378. The second-order valence-corrected chi connectivity index (χ2v) is 4.37. The third kappa shape index (κ3) is 2.96. The molecule has 0 N–H and O–H groups in total. The monoisotopic (exact) mass is 212 g/mol. The molecule has 0 aliphatic heterocycles. The first-order chi connectivity index (χ1) is 7.34. The molecule has 0 saturated heterocycles. The van der Waals surface area contributed by atoms with Gasteiger partial charge in [0.2, 0.25) is 0 Å². The largest absolute Gasteiger partial charge is 0.536 e. The predicted molar refractivity (Wildman–Crippen MR) is 63.6 cm³/mol. The highest BCUT2D eigenvalue weighted by atomic mass is 28.2. The molecule has 0 fully saturated rings. The van der Waals surface area contributed by atoms with Crippen LogP contribution < -0.4 is 9.61 Å². The highest BCUT2D eigenvalue weighted by molar-refractivity contribution is 6.47. The van der Waals surface area contributed by atoms with Gasteiger partial charge in [0.15, 0.2) is 0 Å². The lowest BCUT2D eigenvalue weighted by Crippen LogP contribution is -2.19. The lowest BCUT2D eigenvalue weighted by Gasteiger charge is -2.04. The van der Waals surface area contributed by atoms with Gasteiger partial charge >= 0.3 is 9.76 Å². The van der Waals surface area contributed by atoms with Gasteiger partial charge in [-0.05, 0) is 29.8 Å². The molecule has 1 nitrogen and oxygen atoms in total. The maximum atomic E-state index is 5.70. The van der Waals surface area contributed by atoms with Gasteiger partial charge in [0.05, 0.1) is 0 Å². The van der Waals surface area contributed by atoms with Crippen molar-refractivity contribution in [3.05, 3.63) is 60.2 Å².